The minimum atomic E-state index is 1.04. The molecule has 72 valence electrons. The van der Waals surface area contributed by atoms with E-state index in [-0.39, 0.29) is 0 Å². The van der Waals surface area contributed by atoms with Crippen molar-refractivity contribution in [2.24, 2.45) is 23.7 Å². The first-order valence-corrected chi connectivity index (χ1v) is 5.59. The van der Waals surface area contributed by atoms with Crippen molar-refractivity contribution in [1.82, 2.24) is 0 Å². The topological polar surface area (TPSA) is 9.23 Å². The van der Waals surface area contributed by atoms with Gasteiger partial charge in [0.1, 0.15) is 0 Å². The number of rotatable bonds is 1. The lowest BCUT2D eigenvalue weighted by molar-refractivity contribution is 0.259. The number of ether oxygens (including phenoxy) is 1. The van der Waals surface area contributed by atoms with Crippen molar-refractivity contribution in [3.8, 4) is 0 Å². The Bertz CT molecular complexity index is 224. The Morgan fingerprint density at radius 1 is 1.15 bits per heavy atom. The van der Waals surface area contributed by atoms with Gasteiger partial charge >= 0.3 is 0 Å². The fourth-order valence-corrected chi connectivity index (χ4v) is 4.12. The lowest BCUT2D eigenvalue weighted by atomic mass is 9.82. The van der Waals surface area contributed by atoms with Crippen LogP contribution in [0.15, 0.2) is 11.8 Å². The molecule has 3 fully saturated rings. The third kappa shape index (κ3) is 1.06. The highest BCUT2D eigenvalue weighted by molar-refractivity contribution is 5.15. The Labute approximate surface area is 80.2 Å². The highest BCUT2D eigenvalue weighted by Crippen LogP contribution is 2.59. The minimum absolute atomic E-state index is 1.04. The van der Waals surface area contributed by atoms with Gasteiger partial charge < -0.3 is 4.74 Å². The molecule has 0 aromatic carbocycles. The molecule has 0 aromatic heterocycles. The first-order valence-electron chi connectivity index (χ1n) is 5.59. The number of fused-ring (bicyclic) bond motifs is 5. The molecule has 3 aliphatic rings. The van der Waals surface area contributed by atoms with E-state index < -0.39 is 0 Å². The predicted molar refractivity (Wildman–Crippen MR) is 52.1 cm³/mol. The maximum Gasteiger partial charge on any atom is 0.0816 e. The van der Waals surface area contributed by atoms with Crippen LogP contribution in [0.25, 0.3) is 0 Å². The van der Waals surface area contributed by atoms with Gasteiger partial charge in [-0.15, -0.1) is 0 Å². The van der Waals surface area contributed by atoms with Crippen molar-refractivity contribution in [3.05, 3.63) is 11.8 Å². The molecule has 4 atom stereocenters. The zero-order valence-electron chi connectivity index (χ0n) is 8.33. The molecule has 0 radical (unpaired) electrons. The van der Waals surface area contributed by atoms with Gasteiger partial charge in [0, 0.05) is 0 Å². The van der Waals surface area contributed by atoms with Crippen LogP contribution in [0, 0.1) is 23.7 Å². The Morgan fingerprint density at radius 2 is 1.77 bits per heavy atom. The molecule has 3 saturated carbocycles. The van der Waals surface area contributed by atoms with Crippen LogP contribution in [0.5, 0.6) is 0 Å². The second kappa shape index (κ2) is 2.76. The predicted octanol–water partition coefficient (Wildman–Crippen LogP) is 2.97. The van der Waals surface area contributed by atoms with Gasteiger partial charge in [0.05, 0.1) is 13.4 Å². The van der Waals surface area contributed by atoms with Gasteiger partial charge in [0.15, 0.2) is 0 Å². The molecule has 0 saturated heterocycles. The van der Waals surface area contributed by atoms with Crippen LogP contribution in [0.2, 0.25) is 0 Å². The molecule has 0 aliphatic heterocycles. The zero-order chi connectivity index (χ0) is 8.84. The molecule has 3 rings (SSSR count). The average Bonchev–Trinajstić information content (AvgIpc) is 2.72. The lowest BCUT2D eigenvalue weighted by Crippen LogP contribution is -2.15. The monoisotopic (exact) mass is 178 g/mol. The summed E-state index contributed by atoms with van der Waals surface area (Å²) >= 11 is 0. The largest absolute Gasteiger partial charge is 0.504 e. The van der Waals surface area contributed by atoms with Crippen LogP contribution < -0.4 is 0 Å². The average molecular weight is 178 g/mol. The van der Waals surface area contributed by atoms with Crippen LogP contribution in [-0.2, 0) is 4.74 Å². The summed E-state index contributed by atoms with van der Waals surface area (Å²) in [5.41, 5.74) is 1.58. The molecule has 1 heteroatoms. The molecular weight excluding hydrogens is 160 g/mol. The molecule has 1 nitrogen and oxygen atoms in total. The standard InChI is InChI=1S/C12H18O/c1-13-7-8-4-11-9-2-3-10(6-9)12(11)5-8/h7,9-12H,2-6H2,1H3/t9-,10+,11-,12+. The van der Waals surface area contributed by atoms with Crippen molar-refractivity contribution in [2.45, 2.75) is 32.1 Å². The van der Waals surface area contributed by atoms with Crippen LogP contribution in [0.4, 0.5) is 0 Å². The minimum Gasteiger partial charge on any atom is -0.504 e. The molecule has 0 N–H and O–H groups in total. The maximum absolute atomic E-state index is 5.12. The van der Waals surface area contributed by atoms with Gasteiger partial charge in [0.25, 0.3) is 0 Å². The second-order valence-corrected chi connectivity index (χ2v) is 5.08. The SMILES string of the molecule is COC=C1C[C@@H]2[C@@H]3CC[C@@H](C3)[C@@H]2C1. The summed E-state index contributed by atoms with van der Waals surface area (Å²) in [4.78, 5) is 0. The summed E-state index contributed by atoms with van der Waals surface area (Å²) in [6, 6.07) is 0. The van der Waals surface area contributed by atoms with Crippen molar-refractivity contribution in [3.63, 3.8) is 0 Å². The third-order valence-corrected chi connectivity index (χ3v) is 4.55. The second-order valence-electron chi connectivity index (χ2n) is 5.08. The third-order valence-electron chi connectivity index (χ3n) is 4.55. The van der Waals surface area contributed by atoms with E-state index in [1.807, 2.05) is 6.26 Å². The maximum atomic E-state index is 5.12. The van der Waals surface area contributed by atoms with E-state index in [9.17, 15) is 0 Å². The first-order chi connectivity index (χ1) is 6.38. The number of hydrogen-bond acceptors (Lipinski definition) is 1. The summed E-state index contributed by atoms with van der Waals surface area (Å²) in [6.07, 6.45) is 9.28. The Hall–Kier alpha value is -0.460. The number of methoxy groups -OCH3 is 1. The molecule has 0 spiro atoms. The molecule has 2 bridgehead atoms. The molecule has 0 aromatic rings. The number of allylic oxidation sites excluding steroid dienone is 1. The summed E-state index contributed by atoms with van der Waals surface area (Å²) in [5, 5.41) is 0. The summed E-state index contributed by atoms with van der Waals surface area (Å²) in [5.74, 6) is 4.25. The molecule has 0 amide bonds. The highest BCUT2D eigenvalue weighted by Gasteiger charge is 2.50. The summed E-state index contributed by atoms with van der Waals surface area (Å²) < 4.78 is 5.12. The van der Waals surface area contributed by atoms with Crippen molar-refractivity contribution < 1.29 is 4.74 Å². The van der Waals surface area contributed by atoms with Gasteiger partial charge in [-0.25, -0.2) is 0 Å². The summed E-state index contributed by atoms with van der Waals surface area (Å²) in [7, 11) is 1.77. The van der Waals surface area contributed by atoms with Gasteiger partial charge in [-0.1, -0.05) is 0 Å². The molecular formula is C12H18O. The van der Waals surface area contributed by atoms with E-state index in [2.05, 4.69) is 0 Å². The van der Waals surface area contributed by atoms with E-state index in [1.54, 1.807) is 19.1 Å². The molecule has 0 unspecified atom stereocenters. The highest BCUT2D eigenvalue weighted by atomic mass is 16.5. The van der Waals surface area contributed by atoms with Crippen molar-refractivity contribution >= 4 is 0 Å². The Balaban J connectivity index is 1.79. The first kappa shape index (κ1) is 7.90. The van der Waals surface area contributed by atoms with Crippen molar-refractivity contribution in [1.29, 1.82) is 0 Å². The molecule has 3 aliphatic carbocycles. The summed E-state index contributed by atoms with van der Waals surface area (Å²) in [6.45, 7) is 0. The molecule has 13 heavy (non-hydrogen) atoms. The fraction of sp³-hybridized carbons (Fsp3) is 0.833. The van der Waals surface area contributed by atoms with Gasteiger partial charge in [-0.05, 0) is 61.3 Å². The van der Waals surface area contributed by atoms with Crippen molar-refractivity contribution in [2.75, 3.05) is 7.11 Å². The van der Waals surface area contributed by atoms with Crippen LogP contribution in [0.3, 0.4) is 0 Å². The quantitative estimate of drug-likeness (QED) is 0.561. The molecule has 0 heterocycles. The zero-order valence-corrected chi connectivity index (χ0v) is 8.33. The van der Waals surface area contributed by atoms with Crippen LogP contribution in [0.1, 0.15) is 32.1 Å². The smallest absolute Gasteiger partial charge is 0.0816 e. The van der Waals surface area contributed by atoms with E-state index in [1.165, 1.54) is 25.7 Å². The Morgan fingerprint density at radius 3 is 2.31 bits per heavy atom. The normalized spacial score (nSPS) is 50.1. The van der Waals surface area contributed by atoms with Gasteiger partial charge in [-0.2, -0.15) is 0 Å². The van der Waals surface area contributed by atoms with Gasteiger partial charge in [0.2, 0.25) is 0 Å². The van der Waals surface area contributed by atoms with Crippen LogP contribution in [-0.4, -0.2) is 7.11 Å². The van der Waals surface area contributed by atoms with Crippen LogP contribution >= 0.6 is 0 Å². The van der Waals surface area contributed by atoms with E-state index in [0.29, 0.717) is 0 Å². The number of hydrogen-bond donors (Lipinski definition) is 0. The van der Waals surface area contributed by atoms with Gasteiger partial charge in [-0.3, -0.25) is 0 Å². The van der Waals surface area contributed by atoms with E-state index in [0.717, 1.165) is 23.7 Å². The fourth-order valence-electron chi connectivity index (χ4n) is 4.12. The Kier molecular flexibility index (Phi) is 1.68. The lowest BCUT2D eigenvalue weighted by Gasteiger charge is -2.23. The van der Waals surface area contributed by atoms with E-state index in [4.69, 9.17) is 4.74 Å². The van der Waals surface area contributed by atoms with E-state index >= 15 is 0 Å².